The van der Waals surface area contributed by atoms with Gasteiger partial charge in [0.25, 0.3) is 0 Å². The van der Waals surface area contributed by atoms with E-state index < -0.39 is 0 Å². The topological polar surface area (TPSA) is 56.9 Å². The molecule has 1 aromatic heterocycles. The largest absolute Gasteiger partial charge is 0.508 e. The summed E-state index contributed by atoms with van der Waals surface area (Å²) in [6.07, 6.45) is 6.38. The summed E-state index contributed by atoms with van der Waals surface area (Å²) < 4.78 is 5.48. The van der Waals surface area contributed by atoms with E-state index in [1.165, 1.54) is 19.3 Å². The quantitative estimate of drug-likeness (QED) is 0.800. The summed E-state index contributed by atoms with van der Waals surface area (Å²) in [5.41, 5.74) is 0.811. The normalized spacial score (nSPS) is 20.0. The van der Waals surface area contributed by atoms with Crippen molar-refractivity contribution in [3.05, 3.63) is 54.0 Å². The van der Waals surface area contributed by atoms with Crippen molar-refractivity contribution in [2.75, 3.05) is 13.6 Å². The van der Waals surface area contributed by atoms with E-state index in [-0.39, 0.29) is 11.7 Å². The van der Waals surface area contributed by atoms with Crippen molar-refractivity contribution in [1.82, 2.24) is 9.80 Å². The molecule has 1 amide bonds. The summed E-state index contributed by atoms with van der Waals surface area (Å²) in [6, 6.07) is 11.4. The predicted octanol–water partition coefficient (Wildman–Crippen LogP) is 4.02. The molecule has 146 valence electrons. The summed E-state index contributed by atoms with van der Waals surface area (Å²) in [5.74, 6) is 1.73. The maximum absolute atomic E-state index is 13.0. The highest BCUT2D eigenvalue weighted by Crippen LogP contribution is 2.27. The number of carbonyl (C=O) groups excluding carboxylic acids is 1. The Morgan fingerprint density at radius 1 is 1.15 bits per heavy atom. The van der Waals surface area contributed by atoms with Crippen molar-refractivity contribution < 1.29 is 14.3 Å². The third-order valence-electron chi connectivity index (χ3n) is 5.66. The summed E-state index contributed by atoms with van der Waals surface area (Å²) >= 11 is 0. The van der Waals surface area contributed by atoms with Gasteiger partial charge in [0.15, 0.2) is 0 Å². The monoisotopic (exact) mass is 370 g/mol. The van der Waals surface area contributed by atoms with Crippen LogP contribution >= 0.6 is 0 Å². The third-order valence-corrected chi connectivity index (χ3v) is 5.66. The van der Waals surface area contributed by atoms with Crippen molar-refractivity contribution in [3.63, 3.8) is 0 Å². The van der Waals surface area contributed by atoms with Crippen LogP contribution in [0.5, 0.6) is 5.75 Å². The Bertz CT molecular complexity index is 729. The summed E-state index contributed by atoms with van der Waals surface area (Å²) in [6.45, 7) is 3.57. The van der Waals surface area contributed by atoms with Crippen LogP contribution in [0.3, 0.4) is 0 Å². The zero-order valence-corrected chi connectivity index (χ0v) is 16.3. The van der Waals surface area contributed by atoms with Crippen molar-refractivity contribution in [1.29, 1.82) is 0 Å². The smallest absolute Gasteiger partial charge is 0.236 e. The van der Waals surface area contributed by atoms with Crippen molar-refractivity contribution in [2.45, 2.75) is 51.7 Å². The average molecular weight is 370 g/mol. The van der Waals surface area contributed by atoms with Crippen LogP contribution in [0.15, 0.2) is 47.1 Å². The number of furan rings is 1. The van der Waals surface area contributed by atoms with E-state index in [1.807, 2.05) is 41.1 Å². The lowest BCUT2D eigenvalue weighted by Gasteiger charge is -2.37. The van der Waals surface area contributed by atoms with Crippen LogP contribution in [0.4, 0.5) is 0 Å². The van der Waals surface area contributed by atoms with Gasteiger partial charge in [-0.05, 0) is 37.0 Å². The van der Waals surface area contributed by atoms with Crippen molar-refractivity contribution in [2.24, 2.45) is 5.92 Å². The summed E-state index contributed by atoms with van der Waals surface area (Å²) in [4.78, 5) is 17.0. The lowest BCUT2D eigenvalue weighted by molar-refractivity contribution is -0.135. The van der Waals surface area contributed by atoms with E-state index in [0.29, 0.717) is 31.6 Å². The first-order valence-electron chi connectivity index (χ1n) is 9.82. The number of aromatic hydroxyl groups is 1. The molecule has 0 saturated heterocycles. The number of amides is 1. The van der Waals surface area contributed by atoms with Crippen LogP contribution in [0, 0.1) is 5.92 Å². The molecule has 5 heteroatoms. The van der Waals surface area contributed by atoms with Crippen LogP contribution in [0.1, 0.15) is 43.9 Å². The number of likely N-dealkylation sites (N-methyl/N-ethyl adjacent to an activating group) is 1. The molecule has 0 aliphatic heterocycles. The number of nitrogens with zero attached hydrogens (tertiary/aromatic N) is 2. The minimum atomic E-state index is 0.121. The minimum Gasteiger partial charge on any atom is -0.508 e. The highest BCUT2D eigenvalue weighted by Gasteiger charge is 2.28. The first kappa shape index (κ1) is 19.5. The maximum Gasteiger partial charge on any atom is 0.236 e. The zero-order chi connectivity index (χ0) is 19.2. The Morgan fingerprint density at radius 3 is 2.63 bits per heavy atom. The molecule has 1 aliphatic rings. The van der Waals surface area contributed by atoms with Gasteiger partial charge in [0.2, 0.25) is 5.91 Å². The van der Waals surface area contributed by atoms with Crippen LogP contribution in [0.2, 0.25) is 0 Å². The van der Waals surface area contributed by atoms with Crippen LogP contribution in [-0.4, -0.2) is 40.4 Å². The van der Waals surface area contributed by atoms with Gasteiger partial charge in [-0.2, -0.15) is 0 Å². The zero-order valence-electron chi connectivity index (χ0n) is 16.3. The average Bonchev–Trinajstić information content (AvgIpc) is 3.16. The Balaban J connectivity index is 1.70. The fraction of sp³-hybridized carbons (Fsp3) is 0.500. The first-order valence-corrected chi connectivity index (χ1v) is 9.82. The van der Waals surface area contributed by atoms with Gasteiger partial charge >= 0.3 is 0 Å². The molecule has 1 N–H and O–H groups in total. The van der Waals surface area contributed by atoms with E-state index >= 15 is 0 Å². The molecule has 2 aromatic rings. The molecular formula is C22H30N2O3. The Morgan fingerprint density at radius 2 is 1.93 bits per heavy atom. The van der Waals surface area contributed by atoms with E-state index in [2.05, 4.69) is 6.92 Å². The van der Waals surface area contributed by atoms with E-state index in [0.717, 1.165) is 17.7 Å². The number of hydrogen-bond donors (Lipinski definition) is 1. The van der Waals surface area contributed by atoms with Gasteiger partial charge in [0.1, 0.15) is 11.5 Å². The third kappa shape index (κ3) is 5.13. The standard InChI is InChI=1S/C22H30N2O3/c1-17-8-3-5-11-20(17)23(2)22(26)16-24(15-19-10-7-13-27-19)14-18-9-4-6-12-21(18)25/h4,6-7,9-10,12-13,17,20,25H,3,5,8,11,14-16H2,1-2H3. The van der Waals surface area contributed by atoms with Crippen LogP contribution in [0.25, 0.3) is 0 Å². The van der Waals surface area contributed by atoms with Gasteiger partial charge in [0, 0.05) is 25.2 Å². The summed E-state index contributed by atoms with van der Waals surface area (Å²) in [7, 11) is 1.93. The Kier molecular flexibility index (Phi) is 6.56. The van der Waals surface area contributed by atoms with Gasteiger partial charge in [-0.25, -0.2) is 0 Å². The summed E-state index contributed by atoms with van der Waals surface area (Å²) in [5, 5.41) is 10.1. The SMILES string of the molecule is CC1CCCCC1N(C)C(=O)CN(Cc1ccco1)Cc1ccccc1O. The van der Waals surface area contributed by atoms with Crippen molar-refractivity contribution in [3.8, 4) is 5.75 Å². The lowest BCUT2D eigenvalue weighted by Crippen LogP contribution is -2.46. The predicted molar refractivity (Wildman–Crippen MR) is 105 cm³/mol. The fourth-order valence-electron chi connectivity index (χ4n) is 4.04. The molecule has 27 heavy (non-hydrogen) atoms. The second-order valence-corrected chi connectivity index (χ2v) is 7.69. The number of benzene rings is 1. The Labute approximate surface area is 161 Å². The van der Waals surface area contributed by atoms with Gasteiger partial charge in [-0.3, -0.25) is 9.69 Å². The van der Waals surface area contributed by atoms with Crippen molar-refractivity contribution >= 4 is 5.91 Å². The number of phenolic OH excluding ortho intramolecular Hbond substituents is 1. The number of para-hydroxylation sites is 1. The molecule has 2 atom stereocenters. The van der Waals surface area contributed by atoms with Crippen LogP contribution < -0.4 is 0 Å². The first-order chi connectivity index (χ1) is 13.0. The molecule has 1 aliphatic carbocycles. The number of phenols is 1. The Hall–Kier alpha value is -2.27. The highest BCUT2D eigenvalue weighted by molar-refractivity contribution is 5.78. The molecule has 2 unspecified atom stereocenters. The minimum absolute atomic E-state index is 0.121. The molecule has 1 heterocycles. The van der Waals surface area contributed by atoms with E-state index in [9.17, 15) is 9.90 Å². The molecule has 1 fully saturated rings. The van der Waals surface area contributed by atoms with E-state index in [4.69, 9.17) is 4.42 Å². The van der Waals surface area contributed by atoms with E-state index in [1.54, 1.807) is 18.4 Å². The van der Waals surface area contributed by atoms with Gasteiger partial charge in [-0.15, -0.1) is 0 Å². The van der Waals surface area contributed by atoms with Gasteiger partial charge < -0.3 is 14.4 Å². The molecular weight excluding hydrogens is 340 g/mol. The molecule has 5 nitrogen and oxygen atoms in total. The molecule has 3 rings (SSSR count). The number of carbonyl (C=O) groups is 1. The van der Waals surface area contributed by atoms with Gasteiger partial charge in [0.05, 0.1) is 19.4 Å². The molecule has 0 bridgehead atoms. The second kappa shape index (κ2) is 9.09. The number of rotatable bonds is 7. The second-order valence-electron chi connectivity index (χ2n) is 7.69. The number of hydrogen-bond acceptors (Lipinski definition) is 4. The fourth-order valence-corrected chi connectivity index (χ4v) is 4.04. The maximum atomic E-state index is 13.0. The van der Waals surface area contributed by atoms with Crippen LogP contribution in [-0.2, 0) is 17.9 Å². The molecule has 1 saturated carbocycles. The lowest BCUT2D eigenvalue weighted by atomic mass is 9.85. The molecule has 0 spiro atoms. The highest BCUT2D eigenvalue weighted by atomic mass is 16.3. The van der Waals surface area contributed by atoms with Gasteiger partial charge in [-0.1, -0.05) is 38.0 Å². The molecule has 1 aromatic carbocycles. The molecule has 0 radical (unpaired) electrons.